The molecule has 1 atom stereocenters. The van der Waals surface area contributed by atoms with E-state index in [1.54, 1.807) is 12.4 Å². The van der Waals surface area contributed by atoms with Gasteiger partial charge in [0.1, 0.15) is 6.54 Å². The molecule has 6 heteroatoms. The van der Waals surface area contributed by atoms with Crippen molar-refractivity contribution in [2.75, 3.05) is 13.1 Å². The number of benzene rings is 1. The third kappa shape index (κ3) is 3.60. The Hall–Kier alpha value is -2.73. The molecule has 0 radical (unpaired) electrons. The van der Waals surface area contributed by atoms with Crippen LogP contribution in [0.1, 0.15) is 30.0 Å². The summed E-state index contributed by atoms with van der Waals surface area (Å²) < 4.78 is 1.83. The van der Waals surface area contributed by atoms with E-state index in [2.05, 4.69) is 20.7 Å². The van der Waals surface area contributed by atoms with Gasteiger partial charge in [0.2, 0.25) is 5.91 Å². The van der Waals surface area contributed by atoms with Gasteiger partial charge < -0.3 is 10.6 Å². The Balaban J connectivity index is 1.41. The smallest absolute Gasteiger partial charge is 0.242 e. The normalized spacial score (nSPS) is 17.3. The average Bonchev–Trinajstić information content (AvgIpc) is 3.15. The highest BCUT2D eigenvalue weighted by Crippen LogP contribution is 2.22. The molecule has 4 rings (SSSR count). The van der Waals surface area contributed by atoms with E-state index < -0.39 is 0 Å². The zero-order chi connectivity index (χ0) is 17.8. The van der Waals surface area contributed by atoms with Gasteiger partial charge in [0, 0.05) is 42.5 Å². The summed E-state index contributed by atoms with van der Waals surface area (Å²) in [7, 11) is 0. The van der Waals surface area contributed by atoms with Gasteiger partial charge in [-0.25, -0.2) is 0 Å². The van der Waals surface area contributed by atoms with Crippen molar-refractivity contribution < 1.29 is 4.79 Å². The number of pyridine rings is 1. The lowest BCUT2D eigenvalue weighted by Gasteiger charge is -2.23. The average molecular weight is 349 g/mol. The quantitative estimate of drug-likeness (QED) is 0.741. The van der Waals surface area contributed by atoms with Crippen LogP contribution in [0.2, 0.25) is 0 Å². The van der Waals surface area contributed by atoms with E-state index in [4.69, 9.17) is 0 Å². The van der Waals surface area contributed by atoms with Gasteiger partial charge in [-0.15, -0.1) is 0 Å². The highest BCUT2D eigenvalue weighted by molar-refractivity contribution is 5.82. The van der Waals surface area contributed by atoms with E-state index in [-0.39, 0.29) is 12.5 Å². The van der Waals surface area contributed by atoms with Crippen LogP contribution in [0.5, 0.6) is 0 Å². The number of piperidine rings is 1. The van der Waals surface area contributed by atoms with Crippen LogP contribution in [-0.2, 0) is 17.9 Å². The highest BCUT2D eigenvalue weighted by Gasteiger charge is 2.19. The van der Waals surface area contributed by atoms with Crippen LogP contribution in [-0.4, -0.2) is 33.8 Å². The molecule has 1 aliphatic heterocycles. The lowest BCUT2D eigenvalue weighted by Crippen LogP contribution is -2.32. The minimum Gasteiger partial charge on any atom is -0.350 e. The van der Waals surface area contributed by atoms with Gasteiger partial charge in [0.05, 0.1) is 5.52 Å². The van der Waals surface area contributed by atoms with Crippen molar-refractivity contribution >= 4 is 16.8 Å². The fourth-order valence-electron chi connectivity index (χ4n) is 3.62. The molecule has 0 saturated carbocycles. The van der Waals surface area contributed by atoms with Gasteiger partial charge in [-0.05, 0) is 43.1 Å². The second-order valence-corrected chi connectivity index (χ2v) is 6.72. The molecule has 3 aromatic rings. The number of amides is 1. The number of nitrogens with one attached hydrogen (secondary N) is 2. The van der Waals surface area contributed by atoms with Gasteiger partial charge in [-0.3, -0.25) is 14.5 Å². The number of carbonyl (C=O) groups is 1. The van der Waals surface area contributed by atoms with E-state index in [0.29, 0.717) is 12.5 Å². The number of nitrogens with zero attached hydrogens (tertiary/aromatic N) is 3. The Labute approximate surface area is 152 Å². The highest BCUT2D eigenvalue weighted by atomic mass is 16.2. The largest absolute Gasteiger partial charge is 0.350 e. The van der Waals surface area contributed by atoms with Crippen LogP contribution in [0, 0.1) is 0 Å². The molecule has 26 heavy (non-hydrogen) atoms. The lowest BCUT2D eigenvalue weighted by molar-refractivity contribution is -0.122. The van der Waals surface area contributed by atoms with Crippen LogP contribution < -0.4 is 10.6 Å². The minimum absolute atomic E-state index is 0.0281. The predicted molar refractivity (Wildman–Crippen MR) is 101 cm³/mol. The lowest BCUT2D eigenvalue weighted by atomic mass is 9.96. The molecule has 2 N–H and O–H groups in total. The molecule has 0 bridgehead atoms. The first-order chi connectivity index (χ1) is 12.8. The van der Waals surface area contributed by atoms with E-state index in [0.717, 1.165) is 48.1 Å². The molecule has 2 aromatic heterocycles. The van der Waals surface area contributed by atoms with Crippen LogP contribution in [0.3, 0.4) is 0 Å². The predicted octanol–water partition coefficient (Wildman–Crippen LogP) is 2.21. The molecule has 1 amide bonds. The van der Waals surface area contributed by atoms with Crippen LogP contribution in [0.4, 0.5) is 0 Å². The third-order valence-electron chi connectivity index (χ3n) is 4.97. The van der Waals surface area contributed by atoms with Gasteiger partial charge in [-0.2, -0.15) is 5.10 Å². The summed E-state index contributed by atoms with van der Waals surface area (Å²) in [6.45, 7) is 2.77. The fraction of sp³-hybridized carbons (Fsp3) is 0.350. The third-order valence-corrected chi connectivity index (χ3v) is 4.97. The first kappa shape index (κ1) is 16.7. The summed E-state index contributed by atoms with van der Waals surface area (Å²) in [5, 5.41) is 11.9. The maximum absolute atomic E-state index is 12.5. The van der Waals surface area contributed by atoms with E-state index in [1.165, 1.54) is 0 Å². The number of fused-ring (bicyclic) bond motifs is 1. The van der Waals surface area contributed by atoms with Crippen molar-refractivity contribution in [3.05, 3.63) is 60.0 Å². The molecule has 1 aromatic carbocycles. The summed E-state index contributed by atoms with van der Waals surface area (Å²) in [6.07, 6.45) is 5.87. The summed E-state index contributed by atoms with van der Waals surface area (Å²) in [5.74, 6) is 0.405. The monoisotopic (exact) mass is 349 g/mol. The standard InChI is InChI=1S/C20H23N5O/c26-20(14-25-19(8-11-24-25)16-4-3-9-21-12-16)23-13-15-7-10-22-18-6-2-1-5-17(15)18/h1-2,5-8,10-11,16,21H,3-4,9,12-14H2,(H,23,26)/t16-/m0/s1. The first-order valence-electron chi connectivity index (χ1n) is 9.13. The summed E-state index contributed by atoms with van der Waals surface area (Å²) in [6, 6.07) is 12.0. The molecule has 1 saturated heterocycles. The maximum Gasteiger partial charge on any atom is 0.242 e. The SMILES string of the molecule is O=C(Cn1nccc1[C@H]1CCCNC1)NCc1ccnc2ccccc12. The van der Waals surface area contributed by atoms with E-state index in [1.807, 2.05) is 41.1 Å². The Morgan fingerprint density at radius 2 is 2.15 bits per heavy atom. The molecule has 3 heterocycles. The fourth-order valence-corrected chi connectivity index (χ4v) is 3.62. The van der Waals surface area contributed by atoms with Crippen molar-refractivity contribution in [1.82, 2.24) is 25.4 Å². The van der Waals surface area contributed by atoms with Gasteiger partial charge in [0.25, 0.3) is 0 Å². The molecule has 134 valence electrons. The first-order valence-corrected chi connectivity index (χ1v) is 9.13. The van der Waals surface area contributed by atoms with Crippen molar-refractivity contribution in [1.29, 1.82) is 0 Å². The molecule has 6 nitrogen and oxygen atoms in total. The van der Waals surface area contributed by atoms with Crippen molar-refractivity contribution in [2.45, 2.75) is 31.8 Å². The van der Waals surface area contributed by atoms with Crippen LogP contribution in [0.15, 0.2) is 48.8 Å². The number of aromatic nitrogens is 3. The second-order valence-electron chi connectivity index (χ2n) is 6.72. The number of para-hydroxylation sites is 1. The van der Waals surface area contributed by atoms with Gasteiger partial charge in [-0.1, -0.05) is 18.2 Å². The number of hydrogen-bond donors (Lipinski definition) is 2. The summed E-state index contributed by atoms with van der Waals surface area (Å²) in [5.41, 5.74) is 3.15. The summed E-state index contributed by atoms with van der Waals surface area (Å²) in [4.78, 5) is 16.8. The molecule has 1 aliphatic rings. The Morgan fingerprint density at radius 3 is 3.04 bits per heavy atom. The zero-order valence-electron chi connectivity index (χ0n) is 14.7. The molecule has 1 fully saturated rings. The van der Waals surface area contributed by atoms with E-state index in [9.17, 15) is 4.79 Å². The zero-order valence-corrected chi connectivity index (χ0v) is 14.7. The van der Waals surface area contributed by atoms with Gasteiger partial charge >= 0.3 is 0 Å². The number of hydrogen-bond acceptors (Lipinski definition) is 4. The second kappa shape index (κ2) is 7.66. The summed E-state index contributed by atoms with van der Waals surface area (Å²) >= 11 is 0. The Bertz CT molecular complexity index is 893. The Morgan fingerprint density at radius 1 is 1.23 bits per heavy atom. The maximum atomic E-state index is 12.5. The molecule has 0 aliphatic carbocycles. The Kier molecular flexibility index (Phi) is 4.93. The molecular formula is C20H23N5O. The molecule has 0 spiro atoms. The van der Waals surface area contributed by atoms with Crippen LogP contribution in [0.25, 0.3) is 10.9 Å². The van der Waals surface area contributed by atoms with Gasteiger partial charge in [0.15, 0.2) is 0 Å². The van der Waals surface area contributed by atoms with Crippen molar-refractivity contribution in [3.63, 3.8) is 0 Å². The minimum atomic E-state index is -0.0281. The molecular weight excluding hydrogens is 326 g/mol. The number of rotatable bonds is 5. The van der Waals surface area contributed by atoms with Crippen LogP contribution >= 0.6 is 0 Å². The van der Waals surface area contributed by atoms with Crippen molar-refractivity contribution in [3.8, 4) is 0 Å². The molecule has 0 unspecified atom stereocenters. The van der Waals surface area contributed by atoms with E-state index >= 15 is 0 Å². The van der Waals surface area contributed by atoms with Crippen molar-refractivity contribution in [2.24, 2.45) is 0 Å². The topological polar surface area (TPSA) is 71.8 Å². The number of carbonyl (C=O) groups excluding carboxylic acids is 1.